The van der Waals surface area contributed by atoms with Crippen molar-refractivity contribution in [2.24, 2.45) is 0 Å². The number of carbonyl (C=O) groups is 1. The van der Waals surface area contributed by atoms with Crippen molar-refractivity contribution >= 4 is 27.5 Å². The minimum absolute atomic E-state index is 0.405. The van der Waals surface area contributed by atoms with Crippen LogP contribution in [-0.4, -0.2) is 17.1 Å². The van der Waals surface area contributed by atoms with E-state index in [1.165, 1.54) is 6.92 Å². The lowest BCUT2D eigenvalue weighted by Gasteiger charge is -2.06. The molecule has 0 fully saturated rings. The molecule has 1 aromatic carbocycles. The average molecular weight is 244 g/mol. The maximum atomic E-state index is 11.0. The fourth-order valence-corrected chi connectivity index (χ4v) is 1.21. The molecule has 0 aliphatic rings. The summed E-state index contributed by atoms with van der Waals surface area (Å²) < 4.78 is 0.885. The molecule has 70 valence electrons. The third-order valence-corrected chi connectivity index (χ3v) is 1.96. The number of carbonyl (C=O) groups excluding carboxylic acids is 1. The summed E-state index contributed by atoms with van der Waals surface area (Å²) in [6, 6.07) is 7.19. The van der Waals surface area contributed by atoms with E-state index >= 15 is 0 Å². The first kappa shape index (κ1) is 10.2. The van der Waals surface area contributed by atoms with Crippen molar-refractivity contribution in [3.05, 3.63) is 28.7 Å². The standard InChI is InChI=1S/C9H10BrNO2/c1-6(12)9(13)11-8-4-2-3-7(10)5-8/h2-6,12H,1H3,(H,11,13)/t6-/m1/s1. The zero-order valence-electron chi connectivity index (χ0n) is 7.12. The van der Waals surface area contributed by atoms with Gasteiger partial charge in [-0.05, 0) is 25.1 Å². The summed E-state index contributed by atoms with van der Waals surface area (Å²) in [6.45, 7) is 1.42. The molecule has 4 heteroatoms. The predicted molar refractivity (Wildman–Crippen MR) is 54.5 cm³/mol. The minimum atomic E-state index is -0.987. The number of amides is 1. The number of benzene rings is 1. The molecule has 0 bridgehead atoms. The molecule has 0 unspecified atom stereocenters. The van der Waals surface area contributed by atoms with Gasteiger partial charge in [-0.3, -0.25) is 4.79 Å². The van der Waals surface area contributed by atoms with Crippen LogP contribution in [0.5, 0.6) is 0 Å². The summed E-state index contributed by atoms with van der Waals surface area (Å²) in [4.78, 5) is 11.0. The second-order valence-electron chi connectivity index (χ2n) is 2.68. The second kappa shape index (κ2) is 4.39. The zero-order chi connectivity index (χ0) is 9.84. The SMILES string of the molecule is C[C@@H](O)C(=O)Nc1cccc(Br)c1. The van der Waals surface area contributed by atoms with E-state index in [0.29, 0.717) is 5.69 Å². The minimum Gasteiger partial charge on any atom is -0.384 e. The summed E-state index contributed by atoms with van der Waals surface area (Å²) in [7, 11) is 0. The van der Waals surface area contributed by atoms with E-state index in [2.05, 4.69) is 21.2 Å². The summed E-state index contributed by atoms with van der Waals surface area (Å²) in [5.41, 5.74) is 0.667. The van der Waals surface area contributed by atoms with E-state index in [1.54, 1.807) is 12.1 Å². The molecule has 0 heterocycles. The van der Waals surface area contributed by atoms with Gasteiger partial charge in [-0.15, -0.1) is 0 Å². The van der Waals surface area contributed by atoms with Gasteiger partial charge in [0.05, 0.1) is 0 Å². The summed E-state index contributed by atoms with van der Waals surface area (Å²) in [6.07, 6.45) is -0.987. The Balaban J connectivity index is 2.69. The van der Waals surface area contributed by atoms with Gasteiger partial charge >= 0.3 is 0 Å². The Labute approximate surface area is 84.9 Å². The Morgan fingerprint density at radius 2 is 2.31 bits per heavy atom. The lowest BCUT2D eigenvalue weighted by atomic mass is 10.3. The topological polar surface area (TPSA) is 49.3 Å². The van der Waals surface area contributed by atoms with Crippen LogP contribution in [0.25, 0.3) is 0 Å². The van der Waals surface area contributed by atoms with Crippen molar-refractivity contribution in [1.29, 1.82) is 0 Å². The Kier molecular flexibility index (Phi) is 3.45. The lowest BCUT2D eigenvalue weighted by molar-refractivity contribution is -0.123. The number of rotatable bonds is 2. The molecule has 0 radical (unpaired) electrons. The van der Waals surface area contributed by atoms with Crippen LogP contribution in [-0.2, 0) is 4.79 Å². The summed E-state index contributed by atoms with van der Waals surface area (Å²) in [5.74, 6) is -0.405. The maximum Gasteiger partial charge on any atom is 0.252 e. The lowest BCUT2D eigenvalue weighted by Crippen LogP contribution is -2.24. The Morgan fingerprint density at radius 1 is 1.62 bits per heavy atom. The molecule has 2 N–H and O–H groups in total. The summed E-state index contributed by atoms with van der Waals surface area (Å²) >= 11 is 3.28. The Bertz CT molecular complexity index is 312. The predicted octanol–water partition coefficient (Wildman–Crippen LogP) is 1.77. The van der Waals surface area contributed by atoms with Crippen LogP contribution >= 0.6 is 15.9 Å². The van der Waals surface area contributed by atoms with E-state index in [4.69, 9.17) is 5.11 Å². The molecule has 13 heavy (non-hydrogen) atoms. The van der Waals surface area contributed by atoms with Crippen LogP contribution in [0.4, 0.5) is 5.69 Å². The first-order valence-corrected chi connectivity index (χ1v) is 4.63. The quantitative estimate of drug-likeness (QED) is 0.832. The first-order chi connectivity index (χ1) is 6.09. The highest BCUT2D eigenvalue weighted by atomic mass is 79.9. The van der Waals surface area contributed by atoms with E-state index in [-0.39, 0.29) is 0 Å². The zero-order valence-corrected chi connectivity index (χ0v) is 8.71. The van der Waals surface area contributed by atoms with Gasteiger partial charge in [-0.1, -0.05) is 22.0 Å². The summed E-state index contributed by atoms with van der Waals surface area (Å²) in [5, 5.41) is 11.5. The maximum absolute atomic E-state index is 11.0. The van der Waals surface area contributed by atoms with Crippen molar-refractivity contribution in [1.82, 2.24) is 0 Å². The van der Waals surface area contributed by atoms with E-state index in [9.17, 15) is 4.79 Å². The van der Waals surface area contributed by atoms with Gasteiger partial charge in [-0.2, -0.15) is 0 Å². The molecule has 3 nitrogen and oxygen atoms in total. The monoisotopic (exact) mass is 243 g/mol. The number of halogens is 1. The molecule has 0 saturated heterocycles. The second-order valence-corrected chi connectivity index (χ2v) is 3.59. The van der Waals surface area contributed by atoms with Crippen molar-refractivity contribution in [2.45, 2.75) is 13.0 Å². The van der Waals surface area contributed by atoms with E-state index in [1.807, 2.05) is 12.1 Å². The number of hydrogen-bond acceptors (Lipinski definition) is 2. The number of anilines is 1. The van der Waals surface area contributed by atoms with Gasteiger partial charge in [0.15, 0.2) is 0 Å². The largest absolute Gasteiger partial charge is 0.384 e. The molecule has 1 atom stereocenters. The van der Waals surface area contributed by atoms with Crippen LogP contribution in [0.15, 0.2) is 28.7 Å². The van der Waals surface area contributed by atoms with Gasteiger partial charge in [-0.25, -0.2) is 0 Å². The third-order valence-electron chi connectivity index (χ3n) is 1.47. The molecule has 0 aromatic heterocycles. The van der Waals surface area contributed by atoms with Gasteiger partial charge in [0.1, 0.15) is 6.10 Å². The van der Waals surface area contributed by atoms with Gasteiger partial charge in [0.2, 0.25) is 0 Å². The third kappa shape index (κ3) is 3.16. The van der Waals surface area contributed by atoms with Gasteiger partial charge in [0, 0.05) is 10.2 Å². The van der Waals surface area contributed by atoms with E-state index < -0.39 is 12.0 Å². The molecule has 0 saturated carbocycles. The van der Waals surface area contributed by atoms with Crippen LogP contribution in [0.2, 0.25) is 0 Å². The smallest absolute Gasteiger partial charge is 0.252 e. The Morgan fingerprint density at radius 3 is 2.85 bits per heavy atom. The van der Waals surface area contributed by atoms with Crippen LogP contribution in [0.1, 0.15) is 6.92 Å². The van der Waals surface area contributed by atoms with Crippen molar-refractivity contribution < 1.29 is 9.90 Å². The molecule has 1 aromatic rings. The molecule has 0 aliphatic heterocycles. The Hall–Kier alpha value is -0.870. The molecule has 1 rings (SSSR count). The average Bonchev–Trinajstić information content (AvgIpc) is 2.04. The molecule has 0 aliphatic carbocycles. The van der Waals surface area contributed by atoms with Crippen LogP contribution in [0.3, 0.4) is 0 Å². The highest BCUT2D eigenvalue weighted by Crippen LogP contribution is 2.15. The number of aliphatic hydroxyl groups excluding tert-OH is 1. The number of nitrogens with one attached hydrogen (secondary N) is 1. The van der Waals surface area contributed by atoms with Crippen molar-refractivity contribution in [3.8, 4) is 0 Å². The first-order valence-electron chi connectivity index (χ1n) is 3.84. The molecular weight excluding hydrogens is 234 g/mol. The van der Waals surface area contributed by atoms with E-state index in [0.717, 1.165) is 4.47 Å². The normalized spacial score (nSPS) is 12.2. The number of aliphatic hydroxyl groups is 1. The highest BCUT2D eigenvalue weighted by Gasteiger charge is 2.07. The fourth-order valence-electron chi connectivity index (χ4n) is 0.813. The van der Waals surface area contributed by atoms with Gasteiger partial charge in [0.25, 0.3) is 5.91 Å². The van der Waals surface area contributed by atoms with Crippen molar-refractivity contribution in [2.75, 3.05) is 5.32 Å². The van der Waals surface area contributed by atoms with Crippen LogP contribution in [0, 0.1) is 0 Å². The van der Waals surface area contributed by atoms with Crippen molar-refractivity contribution in [3.63, 3.8) is 0 Å². The van der Waals surface area contributed by atoms with Crippen LogP contribution < -0.4 is 5.32 Å². The molecular formula is C9H10BrNO2. The molecule has 1 amide bonds. The number of hydrogen-bond donors (Lipinski definition) is 2. The van der Waals surface area contributed by atoms with Gasteiger partial charge < -0.3 is 10.4 Å². The molecule has 0 spiro atoms. The fraction of sp³-hybridized carbons (Fsp3) is 0.222. The highest BCUT2D eigenvalue weighted by molar-refractivity contribution is 9.10.